The summed E-state index contributed by atoms with van der Waals surface area (Å²) in [7, 11) is 1.61. The summed E-state index contributed by atoms with van der Waals surface area (Å²) in [5, 5.41) is 23.1. The minimum Gasteiger partial charge on any atom is -0.508 e. The van der Waals surface area contributed by atoms with E-state index in [9.17, 15) is 10.2 Å². The van der Waals surface area contributed by atoms with Crippen LogP contribution < -0.4 is 10.1 Å². The number of aliphatic hydroxyl groups excluding tert-OH is 1. The van der Waals surface area contributed by atoms with Crippen LogP contribution in [0.5, 0.6) is 11.5 Å². The second-order valence-electron chi connectivity index (χ2n) is 5.99. The van der Waals surface area contributed by atoms with Crippen molar-refractivity contribution >= 4 is 0 Å². The van der Waals surface area contributed by atoms with Crippen molar-refractivity contribution in [2.24, 2.45) is 5.92 Å². The third kappa shape index (κ3) is 3.44. The third-order valence-corrected chi connectivity index (χ3v) is 4.33. The molecule has 0 spiro atoms. The van der Waals surface area contributed by atoms with Crippen molar-refractivity contribution < 1.29 is 14.9 Å². The van der Waals surface area contributed by atoms with Crippen LogP contribution in [0.1, 0.15) is 38.2 Å². The summed E-state index contributed by atoms with van der Waals surface area (Å²) >= 11 is 0. The molecule has 1 aromatic carbocycles. The van der Waals surface area contributed by atoms with Crippen LogP contribution in [0.15, 0.2) is 18.2 Å². The summed E-state index contributed by atoms with van der Waals surface area (Å²) in [6.07, 6.45) is 4.33. The second kappa shape index (κ2) is 6.46. The van der Waals surface area contributed by atoms with E-state index in [1.807, 2.05) is 6.07 Å². The topological polar surface area (TPSA) is 61.7 Å². The van der Waals surface area contributed by atoms with Crippen molar-refractivity contribution in [2.45, 2.75) is 44.7 Å². The van der Waals surface area contributed by atoms with Crippen molar-refractivity contribution in [1.29, 1.82) is 0 Å². The standard InChI is InChI=1S/C16H25NO3/c1-12-4-3-7-16(9-12,11-18)17-10-13-8-14(20-2)5-6-15(13)19/h5-6,8,12,17-19H,3-4,7,9-11H2,1-2H3. The van der Waals surface area contributed by atoms with Crippen LogP contribution in [0.25, 0.3) is 0 Å². The van der Waals surface area contributed by atoms with Gasteiger partial charge in [-0.1, -0.05) is 19.8 Å². The van der Waals surface area contributed by atoms with Gasteiger partial charge in [0.25, 0.3) is 0 Å². The number of phenols is 1. The number of phenolic OH excluding ortho intramolecular Hbond substituents is 1. The third-order valence-electron chi connectivity index (χ3n) is 4.33. The van der Waals surface area contributed by atoms with Gasteiger partial charge in [-0.2, -0.15) is 0 Å². The Morgan fingerprint density at radius 1 is 1.45 bits per heavy atom. The van der Waals surface area contributed by atoms with Gasteiger partial charge in [-0.05, 0) is 37.0 Å². The zero-order chi connectivity index (χ0) is 14.6. The Labute approximate surface area is 120 Å². The average molecular weight is 279 g/mol. The van der Waals surface area contributed by atoms with E-state index in [2.05, 4.69) is 12.2 Å². The Morgan fingerprint density at radius 3 is 2.90 bits per heavy atom. The highest BCUT2D eigenvalue weighted by molar-refractivity contribution is 5.39. The first-order valence-electron chi connectivity index (χ1n) is 7.30. The molecule has 0 aliphatic heterocycles. The smallest absolute Gasteiger partial charge is 0.120 e. The predicted octanol–water partition coefficient (Wildman–Crippen LogP) is 2.43. The summed E-state index contributed by atoms with van der Waals surface area (Å²) in [4.78, 5) is 0. The Kier molecular flexibility index (Phi) is 4.89. The van der Waals surface area contributed by atoms with Gasteiger partial charge in [0.1, 0.15) is 11.5 Å². The van der Waals surface area contributed by atoms with Gasteiger partial charge in [0.15, 0.2) is 0 Å². The van der Waals surface area contributed by atoms with E-state index in [4.69, 9.17) is 4.74 Å². The Hall–Kier alpha value is -1.26. The van der Waals surface area contributed by atoms with Crippen molar-refractivity contribution in [3.63, 3.8) is 0 Å². The minimum absolute atomic E-state index is 0.141. The maximum atomic E-state index is 9.91. The average Bonchev–Trinajstić information content (AvgIpc) is 2.46. The molecular formula is C16H25NO3. The molecule has 0 saturated heterocycles. The molecule has 1 aliphatic rings. The summed E-state index contributed by atoms with van der Waals surface area (Å²) in [5.41, 5.74) is 0.586. The number of rotatable bonds is 5. The predicted molar refractivity (Wildman–Crippen MR) is 78.9 cm³/mol. The van der Waals surface area contributed by atoms with E-state index < -0.39 is 0 Å². The zero-order valence-corrected chi connectivity index (χ0v) is 12.4. The first kappa shape index (κ1) is 15.1. The van der Waals surface area contributed by atoms with Crippen molar-refractivity contribution in [3.8, 4) is 11.5 Å². The van der Waals surface area contributed by atoms with Crippen molar-refractivity contribution in [1.82, 2.24) is 5.32 Å². The quantitative estimate of drug-likeness (QED) is 0.774. The van der Waals surface area contributed by atoms with Crippen LogP contribution in [0.3, 0.4) is 0 Å². The van der Waals surface area contributed by atoms with Crippen LogP contribution in [0.2, 0.25) is 0 Å². The normalized spacial score (nSPS) is 26.4. The van der Waals surface area contributed by atoms with Crippen LogP contribution in [-0.4, -0.2) is 29.5 Å². The van der Waals surface area contributed by atoms with Crippen LogP contribution >= 0.6 is 0 Å². The lowest BCUT2D eigenvalue weighted by atomic mass is 9.76. The molecule has 20 heavy (non-hydrogen) atoms. The fourth-order valence-electron chi connectivity index (χ4n) is 3.13. The molecule has 1 fully saturated rings. The van der Waals surface area contributed by atoms with Gasteiger partial charge in [-0.3, -0.25) is 0 Å². The SMILES string of the molecule is COc1ccc(O)c(CNC2(CO)CCCC(C)C2)c1. The van der Waals surface area contributed by atoms with Gasteiger partial charge in [0, 0.05) is 17.6 Å². The fraction of sp³-hybridized carbons (Fsp3) is 0.625. The number of hydrogen-bond donors (Lipinski definition) is 3. The van der Waals surface area contributed by atoms with Gasteiger partial charge >= 0.3 is 0 Å². The van der Waals surface area contributed by atoms with E-state index in [0.29, 0.717) is 12.5 Å². The van der Waals surface area contributed by atoms with E-state index in [1.165, 1.54) is 6.42 Å². The number of hydrogen-bond acceptors (Lipinski definition) is 4. The zero-order valence-electron chi connectivity index (χ0n) is 12.4. The van der Waals surface area contributed by atoms with Crippen molar-refractivity contribution in [2.75, 3.05) is 13.7 Å². The van der Waals surface area contributed by atoms with Crippen LogP contribution in [0, 0.1) is 5.92 Å². The highest BCUT2D eigenvalue weighted by Gasteiger charge is 2.33. The molecule has 1 aliphatic carbocycles. The lowest BCUT2D eigenvalue weighted by molar-refractivity contribution is 0.0980. The summed E-state index contributed by atoms with van der Waals surface area (Å²) in [6.45, 7) is 2.91. The van der Waals surface area contributed by atoms with E-state index in [0.717, 1.165) is 30.6 Å². The van der Waals surface area contributed by atoms with Crippen LogP contribution in [0.4, 0.5) is 0 Å². The maximum Gasteiger partial charge on any atom is 0.120 e. The maximum absolute atomic E-state index is 9.91. The lowest BCUT2D eigenvalue weighted by Gasteiger charge is -2.39. The molecule has 2 rings (SSSR count). The molecule has 1 aromatic rings. The highest BCUT2D eigenvalue weighted by atomic mass is 16.5. The molecule has 0 aromatic heterocycles. The summed E-state index contributed by atoms with van der Waals surface area (Å²) in [6, 6.07) is 5.22. The Morgan fingerprint density at radius 2 is 2.25 bits per heavy atom. The molecular weight excluding hydrogens is 254 g/mol. The summed E-state index contributed by atoms with van der Waals surface area (Å²) in [5.74, 6) is 1.62. The monoisotopic (exact) mass is 279 g/mol. The number of aromatic hydroxyl groups is 1. The van der Waals surface area contributed by atoms with Gasteiger partial charge in [-0.25, -0.2) is 0 Å². The molecule has 0 heterocycles. The minimum atomic E-state index is -0.215. The van der Waals surface area contributed by atoms with E-state index in [1.54, 1.807) is 19.2 Å². The number of ether oxygens (including phenoxy) is 1. The molecule has 2 atom stereocenters. The number of aliphatic hydroxyl groups is 1. The lowest BCUT2D eigenvalue weighted by Crippen LogP contribution is -2.51. The molecule has 112 valence electrons. The molecule has 1 saturated carbocycles. The van der Waals surface area contributed by atoms with Crippen molar-refractivity contribution in [3.05, 3.63) is 23.8 Å². The van der Waals surface area contributed by atoms with E-state index in [-0.39, 0.29) is 17.9 Å². The molecule has 4 heteroatoms. The molecule has 0 amide bonds. The largest absolute Gasteiger partial charge is 0.508 e. The highest BCUT2D eigenvalue weighted by Crippen LogP contribution is 2.33. The fourth-order valence-corrected chi connectivity index (χ4v) is 3.13. The second-order valence-corrected chi connectivity index (χ2v) is 5.99. The molecule has 0 radical (unpaired) electrons. The van der Waals surface area contributed by atoms with Gasteiger partial charge in [0.2, 0.25) is 0 Å². The number of nitrogens with one attached hydrogen (secondary N) is 1. The van der Waals surface area contributed by atoms with E-state index >= 15 is 0 Å². The Bertz CT molecular complexity index is 449. The first-order chi connectivity index (χ1) is 9.58. The molecule has 2 unspecified atom stereocenters. The van der Waals surface area contributed by atoms with Gasteiger partial charge < -0.3 is 20.3 Å². The van der Waals surface area contributed by atoms with Gasteiger partial charge in [0.05, 0.1) is 13.7 Å². The molecule has 4 nitrogen and oxygen atoms in total. The summed E-state index contributed by atoms with van der Waals surface area (Å²) < 4.78 is 5.18. The number of benzene rings is 1. The van der Waals surface area contributed by atoms with Gasteiger partial charge in [-0.15, -0.1) is 0 Å². The molecule has 0 bridgehead atoms. The molecule has 3 N–H and O–H groups in total. The Balaban J connectivity index is 2.06. The first-order valence-corrected chi connectivity index (χ1v) is 7.30. The van der Waals surface area contributed by atoms with Crippen LogP contribution in [-0.2, 0) is 6.54 Å². The number of methoxy groups -OCH3 is 1.